The van der Waals surface area contributed by atoms with Crippen LogP contribution in [0, 0.1) is 13.8 Å². The van der Waals surface area contributed by atoms with E-state index in [1.54, 1.807) is 7.11 Å². The fraction of sp³-hybridized carbons (Fsp3) is 0.316. The second-order valence-electron chi connectivity index (χ2n) is 5.50. The number of benzene rings is 2. The van der Waals surface area contributed by atoms with Gasteiger partial charge in [0.25, 0.3) is 0 Å². The molecule has 22 heavy (non-hydrogen) atoms. The Morgan fingerprint density at radius 2 is 1.82 bits per heavy atom. The summed E-state index contributed by atoms with van der Waals surface area (Å²) in [5.41, 5.74) is 4.46. The molecule has 3 heteroatoms. The van der Waals surface area contributed by atoms with Crippen molar-refractivity contribution in [3.8, 4) is 5.75 Å². The molecule has 0 atom stereocenters. The Balaban J connectivity index is 1.81. The number of hydrogen-bond donors (Lipinski definition) is 1. The van der Waals surface area contributed by atoms with Gasteiger partial charge >= 0.3 is 0 Å². The summed E-state index contributed by atoms with van der Waals surface area (Å²) in [6.07, 6.45) is 2.26. The Morgan fingerprint density at radius 1 is 1.09 bits per heavy atom. The molecule has 0 heterocycles. The molecule has 2 aromatic rings. The minimum Gasteiger partial charge on any atom is -0.497 e. The normalized spacial score (nSPS) is 10.3. The molecule has 0 saturated heterocycles. The number of rotatable bonds is 6. The highest BCUT2D eigenvalue weighted by Gasteiger charge is 2.06. The van der Waals surface area contributed by atoms with E-state index >= 15 is 0 Å². The number of carbonyl (C=O) groups is 1. The first-order valence-corrected chi connectivity index (χ1v) is 7.59. The van der Waals surface area contributed by atoms with E-state index in [2.05, 4.69) is 18.3 Å². The van der Waals surface area contributed by atoms with E-state index in [-0.39, 0.29) is 5.91 Å². The van der Waals surface area contributed by atoms with Crippen molar-refractivity contribution in [3.63, 3.8) is 0 Å². The summed E-state index contributed by atoms with van der Waals surface area (Å²) in [6, 6.07) is 14.0. The van der Waals surface area contributed by atoms with Crippen molar-refractivity contribution in [2.24, 2.45) is 0 Å². The Kier molecular flexibility index (Phi) is 5.59. The molecule has 0 unspecified atom stereocenters. The van der Waals surface area contributed by atoms with Gasteiger partial charge in [-0.3, -0.25) is 4.79 Å². The fourth-order valence-corrected chi connectivity index (χ4v) is 2.34. The van der Waals surface area contributed by atoms with Gasteiger partial charge in [0.05, 0.1) is 7.11 Å². The molecule has 116 valence electrons. The molecule has 1 amide bonds. The maximum absolute atomic E-state index is 12.0. The Morgan fingerprint density at radius 3 is 2.50 bits per heavy atom. The topological polar surface area (TPSA) is 38.3 Å². The van der Waals surface area contributed by atoms with Crippen molar-refractivity contribution in [2.45, 2.75) is 33.1 Å². The second kappa shape index (κ2) is 7.64. The molecule has 1 N–H and O–H groups in total. The molecule has 0 aliphatic rings. The van der Waals surface area contributed by atoms with E-state index in [9.17, 15) is 4.79 Å². The highest BCUT2D eigenvalue weighted by atomic mass is 16.5. The zero-order valence-corrected chi connectivity index (χ0v) is 13.5. The quantitative estimate of drug-likeness (QED) is 0.864. The predicted octanol–water partition coefficient (Wildman–Crippen LogP) is 4.27. The van der Waals surface area contributed by atoms with Crippen LogP contribution in [-0.4, -0.2) is 13.0 Å². The molecular formula is C19H23NO2. The van der Waals surface area contributed by atoms with Crippen LogP contribution in [0.25, 0.3) is 0 Å². The number of hydrogen-bond acceptors (Lipinski definition) is 2. The summed E-state index contributed by atoms with van der Waals surface area (Å²) < 4.78 is 5.13. The maximum atomic E-state index is 12.0. The molecule has 0 aliphatic carbocycles. The van der Waals surface area contributed by atoms with Gasteiger partial charge in [-0.25, -0.2) is 0 Å². The van der Waals surface area contributed by atoms with Crippen LogP contribution in [0.1, 0.15) is 29.5 Å². The molecule has 0 aromatic heterocycles. The smallest absolute Gasteiger partial charge is 0.224 e. The molecular weight excluding hydrogens is 274 g/mol. The Bertz CT molecular complexity index is 632. The first kappa shape index (κ1) is 16.1. The fourth-order valence-electron chi connectivity index (χ4n) is 2.34. The van der Waals surface area contributed by atoms with Crippen molar-refractivity contribution in [2.75, 3.05) is 12.4 Å². The lowest BCUT2D eigenvalue weighted by molar-refractivity contribution is -0.116. The molecule has 0 bridgehead atoms. The summed E-state index contributed by atoms with van der Waals surface area (Å²) in [6.45, 7) is 4.08. The van der Waals surface area contributed by atoms with E-state index in [0.29, 0.717) is 6.42 Å². The molecule has 3 nitrogen and oxygen atoms in total. The third-order valence-electron chi connectivity index (χ3n) is 3.91. The third-order valence-corrected chi connectivity index (χ3v) is 3.91. The van der Waals surface area contributed by atoms with Gasteiger partial charge < -0.3 is 10.1 Å². The average Bonchev–Trinajstić information content (AvgIpc) is 2.52. The monoisotopic (exact) mass is 297 g/mol. The molecule has 2 aromatic carbocycles. The number of methoxy groups -OCH3 is 1. The molecule has 0 aliphatic heterocycles. The van der Waals surface area contributed by atoms with Crippen LogP contribution < -0.4 is 10.1 Å². The van der Waals surface area contributed by atoms with Gasteiger partial charge in [-0.05, 0) is 61.6 Å². The average molecular weight is 297 g/mol. The van der Waals surface area contributed by atoms with Crippen LogP contribution in [0.4, 0.5) is 5.69 Å². The zero-order chi connectivity index (χ0) is 15.9. The van der Waals surface area contributed by atoms with Crippen molar-refractivity contribution >= 4 is 11.6 Å². The molecule has 0 fully saturated rings. The highest BCUT2D eigenvalue weighted by Crippen LogP contribution is 2.18. The van der Waals surface area contributed by atoms with E-state index < -0.39 is 0 Å². The number of anilines is 1. The maximum Gasteiger partial charge on any atom is 0.224 e. The van der Waals surface area contributed by atoms with E-state index in [1.165, 1.54) is 11.1 Å². The van der Waals surface area contributed by atoms with Crippen molar-refractivity contribution in [1.82, 2.24) is 0 Å². The van der Waals surface area contributed by atoms with Crippen LogP contribution in [0.5, 0.6) is 5.75 Å². The highest BCUT2D eigenvalue weighted by molar-refractivity contribution is 5.91. The Labute approximate surface area is 132 Å². The number of carbonyl (C=O) groups excluding carboxylic acids is 1. The van der Waals surface area contributed by atoms with Gasteiger partial charge in [-0.2, -0.15) is 0 Å². The van der Waals surface area contributed by atoms with Crippen LogP contribution >= 0.6 is 0 Å². The number of nitrogens with one attached hydrogen (secondary N) is 1. The second-order valence-corrected chi connectivity index (χ2v) is 5.50. The minimum absolute atomic E-state index is 0.0715. The van der Waals surface area contributed by atoms with Gasteiger partial charge in [0.2, 0.25) is 5.91 Å². The van der Waals surface area contributed by atoms with Crippen molar-refractivity contribution < 1.29 is 9.53 Å². The Hall–Kier alpha value is -2.29. The summed E-state index contributed by atoms with van der Waals surface area (Å²) in [7, 11) is 1.66. The van der Waals surface area contributed by atoms with Crippen LogP contribution in [0.15, 0.2) is 42.5 Å². The van der Waals surface area contributed by atoms with Gasteiger partial charge in [0, 0.05) is 12.1 Å². The van der Waals surface area contributed by atoms with Gasteiger partial charge in [0.1, 0.15) is 5.75 Å². The van der Waals surface area contributed by atoms with Crippen molar-refractivity contribution in [1.29, 1.82) is 0 Å². The summed E-state index contributed by atoms with van der Waals surface area (Å²) in [5, 5.41) is 3.00. The van der Waals surface area contributed by atoms with E-state index in [1.807, 2.05) is 43.3 Å². The number of amides is 1. The molecule has 2 rings (SSSR count). The standard InChI is InChI=1S/C19H23NO2/c1-14-6-4-8-18(15(14)2)20-19(21)9-5-7-16-10-12-17(22-3)13-11-16/h4,6,8,10-13H,5,7,9H2,1-3H3,(H,20,21). The minimum atomic E-state index is 0.0715. The van der Waals surface area contributed by atoms with Crippen LogP contribution in [0.3, 0.4) is 0 Å². The van der Waals surface area contributed by atoms with Gasteiger partial charge in [-0.15, -0.1) is 0 Å². The molecule has 0 radical (unpaired) electrons. The number of aryl methyl sites for hydroxylation is 2. The summed E-state index contributed by atoms with van der Waals surface area (Å²) >= 11 is 0. The van der Waals surface area contributed by atoms with Gasteiger partial charge in [-0.1, -0.05) is 24.3 Å². The van der Waals surface area contributed by atoms with Crippen molar-refractivity contribution in [3.05, 3.63) is 59.2 Å². The predicted molar refractivity (Wildman–Crippen MR) is 90.5 cm³/mol. The first-order chi connectivity index (χ1) is 10.6. The largest absolute Gasteiger partial charge is 0.497 e. The van der Waals surface area contributed by atoms with Crippen LogP contribution in [0.2, 0.25) is 0 Å². The lowest BCUT2D eigenvalue weighted by atomic mass is 10.1. The number of ether oxygens (including phenoxy) is 1. The summed E-state index contributed by atoms with van der Waals surface area (Å²) in [5.74, 6) is 0.929. The summed E-state index contributed by atoms with van der Waals surface area (Å²) in [4.78, 5) is 12.0. The third kappa shape index (κ3) is 4.35. The van der Waals surface area contributed by atoms with Crippen LogP contribution in [-0.2, 0) is 11.2 Å². The molecule has 0 spiro atoms. The zero-order valence-electron chi connectivity index (χ0n) is 13.5. The lowest BCUT2D eigenvalue weighted by Crippen LogP contribution is -2.12. The lowest BCUT2D eigenvalue weighted by Gasteiger charge is -2.10. The van der Waals surface area contributed by atoms with Gasteiger partial charge in [0.15, 0.2) is 0 Å². The molecule has 0 saturated carbocycles. The van der Waals surface area contributed by atoms with E-state index in [0.717, 1.165) is 29.8 Å². The van der Waals surface area contributed by atoms with E-state index in [4.69, 9.17) is 4.74 Å². The first-order valence-electron chi connectivity index (χ1n) is 7.59. The SMILES string of the molecule is COc1ccc(CCCC(=O)Nc2cccc(C)c2C)cc1.